The number of hydrogen-bond acceptors (Lipinski definition) is 1. The summed E-state index contributed by atoms with van der Waals surface area (Å²) in [5, 5.41) is 1.22. The van der Waals surface area contributed by atoms with Crippen LogP contribution in [0.4, 0.5) is 0 Å². The van der Waals surface area contributed by atoms with Gasteiger partial charge in [-0.2, -0.15) is 0 Å². The van der Waals surface area contributed by atoms with Gasteiger partial charge in [0, 0.05) is 18.2 Å². The lowest BCUT2D eigenvalue weighted by Gasteiger charge is -2.08. The van der Waals surface area contributed by atoms with Crippen LogP contribution in [-0.4, -0.2) is 22.3 Å². The van der Waals surface area contributed by atoms with Crippen LogP contribution in [0.15, 0.2) is 36.4 Å². The highest BCUT2D eigenvalue weighted by Crippen LogP contribution is 2.13. The molecule has 0 aliphatic carbocycles. The third-order valence-electron chi connectivity index (χ3n) is 3.31. The van der Waals surface area contributed by atoms with E-state index in [0.717, 1.165) is 12.1 Å². The van der Waals surface area contributed by atoms with Crippen molar-refractivity contribution in [3.05, 3.63) is 42.1 Å². The Hall–Kier alpha value is -1.70. The van der Waals surface area contributed by atoms with E-state index in [1.54, 1.807) is 0 Å². The predicted octanol–water partition coefficient (Wildman–Crippen LogP) is 3.00. The number of hydrogen-bond donors (Lipinski definition) is 0. The minimum atomic E-state index is 0.949. The van der Waals surface area contributed by atoms with Crippen molar-refractivity contribution >= 4 is 17.1 Å². The molecule has 0 saturated carbocycles. The molecule has 0 saturated heterocycles. The van der Waals surface area contributed by atoms with Crippen LogP contribution in [0.25, 0.3) is 10.9 Å². The number of rotatable bonds is 2. The van der Waals surface area contributed by atoms with Gasteiger partial charge < -0.3 is 0 Å². The van der Waals surface area contributed by atoms with Crippen LogP contribution in [0, 0.1) is 0 Å². The lowest BCUT2D eigenvalue weighted by Crippen LogP contribution is -2.19. The van der Waals surface area contributed by atoms with E-state index in [0.29, 0.717) is 0 Å². The summed E-state index contributed by atoms with van der Waals surface area (Å²) in [6.07, 6.45) is 6.18. The van der Waals surface area contributed by atoms with Crippen molar-refractivity contribution in [2.45, 2.75) is 25.8 Å². The molecule has 0 atom stereocenters. The van der Waals surface area contributed by atoms with Gasteiger partial charge in [0.1, 0.15) is 18.5 Å². The summed E-state index contributed by atoms with van der Waals surface area (Å²) in [7, 11) is 0. The fourth-order valence-electron chi connectivity index (χ4n) is 2.37. The normalized spacial score (nSPS) is 15.9. The maximum absolute atomic E-state index is 4.71. The summed E-state index contributed by atoms with van der Waals surface area (Å²) in [4.78, 5) is 4.71. The highest BCUT2D eigenvalue weighted by Gasteiger charge is 2.11. The van der Waals surface area contributed by atoms with Gasteiger partial charge in [0.15, 0.2) is 6.54 Å². The first kappa shape index (κ1) is 10.5. The highest BCUT2D eigenvalue weighted by molar-refractivity contribution is 5.78. The van der Waals surface area contributed by atoms with Crippen LogP contribution in [0.2, 0.25) is 0 Å². The molecule has 1 aliphatic heterocycles. The molecule has 1 aliphatic rings. The molecular weight excluding hydrogens is 208 g/mol. The van der Waals surface area contributed by atoms with Gasteiger partial charge in [0.2, 0.25) is 0 Å². The van der Waals surface area contributed by atoms with E-state index >= 15 is 0 Å². The lowest BCUT2D eigenvalue weighted by molar-refractivity contribution is -0.544. The van der Waals surface area contributed by atoms with Crippen molar-refractivity contribution in [3.8, 4) is 0 Å². The lowest BCUT2D eigenvalue weighted by atomic mass is 10.1. The van der Waals surface area contributed by atoms with Crippen LogP contribution in [0.1, 0.15) is 25.0 Å². The molecule has 0 radical (unpaired) electrons. The largest absolute Gasteiger partial charge is 0.246 e. The van der Waals surface area contributed by atoms with Crippen LogP contribution < -0.4 is 0 Å². The van der Waals surface area contributed by atoms with E-state index in [2.05, 4.69) is 41.1 Å². The van der Waals surface area contributed by atoms with Crippen molar-refractivity contribution in [3.63, 3.8) is 0 Å². The van der Waals surface area contributed by atoms with E-state index in [-0.39, 0.29) is 0 Å². The summed E-state index contributed by atoms with van der Waals surface area (Å²) < 4.78 is 2.39. The molecule has 0 fully saturated rings. The molecule has 17 heavy (non-hydrogen) atoms. The number of fused-ring (bicyclic) bond motifs is 1. The third kappa shape index (κ3) is 2.36. The zero-order valence-electron chi connectivity index (χ0n) is 9.97. The molecule has 2 nitrogen and oxygen atoms in total. The van der Waals surface area contributed by atoms with Gasteiger partial charge in [-0.15, -0.1) is 0 Å². The van der Waals surface area contributed by atoms with E-state index in [4.69, 9.17) is 4.98 Å². The number of nitrogens with zero attached hydrogens (tertiary/aromatic N) is 2. The minimum absolute atomic E-state index is 0.949. The first-order chi connectivity index (χ1) is 8.42. The molecule has 2 aromatic rings. The van der Waals surface area contributed by atoms with Gasteiger partial charge in [-0.1, -0.05) is 24.3 Å². The predicted molar refractivity (Wildman–Crippen MR) is 70.5 cm³/mol. The molecule has 0 spiro atoms. The SMILES string of the molecule is C1=[N+](Cc2ccc3ccccc3n2)CCCC1. The van der Waals surface area contributed by atoms with Gasteiger partial charge in [-0.05, 0) is 18.6 Å². The molecule has 1 aromatic carbocycles. The highest BCUT2D eigenvalue weighted by atomic mass is 15.0. The van der Waals surface area contributed by atoms with Crippen LogP contribution in [0.5, 0.6) is 0 Å². The Morgan fingerprint density at radius 3 is 2.88 bits per heavy atom. The minimum Gasteiger partial charge on any atom is -0.246 e. The second kappa shape index (κ2) is 4.66. The average Bonchev–Trinajstić information content (AvgIpc) is 2.40. The summed E-state index contributed by atoms with van der Waals surface area (Å²) in [6, 6.07) is 12.6. The monoisotopic (exact) mass is 225 g/mol. The van der Waals surface area contributed by atoms with Crippen molar-refractivity contribution in [2.24, 2.45) is 0 Å². The van der Waals surface area contributed by atoms with E-state index < -0.39 is 0 Å². The third-order valence-corrected chi connectivity index (χ3v) is 3.31. The Morgan fingerprint density at radius 2 is 2.00 bits per heavy atom. The Morgan fingerprint density at radius 1 is 1.06 bits per heavy atom. The quantitative estimate of drug-likeness (QED) is 0.717. The van der Waals surface area contributed by atoms with E-state index in [9.17, 15) is 0 Å². The number of benzene rings is 1. The Kier molecular flexibility index (Phi) is 2.87. The molecule has 3 rings (SSSR count). The zero-order valence-corrected chi connectivity index (χ0v) is 9.97. The number of pyridine rings is 1. The molecule has 2 heteroatoms. The second-order valence-electron chi connectivity index (χ2n) is 4.64. The molecule has 86 valence electrons. The average molecular weight is 225 g/mol. The van der Waals surface area contributed by atoms with Crippen LogP contribution in [0.3, 0.4) is 0 Å². The summed E-state index contributed by atoms with van der Waals surface area (Å²) in [5.74, 6) is 0. The maximum Gasteiger partial charge on any atom is 0.184 e. The smallest absolute Gasteiger partial charge is 0.184 e. The van der Waals surface area contributed by atoms with Crippen molar-refractivity contribution < 1.29 is 4.58 Å². The number of para-hydroxylation sites is 1. The number of aromatic nitrogens is 1. The van der Waals surface area contributed by atoms with Crippen LogP contribution in [-0.2, 0) is 6.54 Å². The van der Waals surface area contributed by atoms with Crippen molar-refractivity contribution in [2.75, 3.05) is 6.54 Å². The summed E-state index contributed by atoms with van der Waals surface area (Å²) in [5.41, 5.74) is 2.27. The topological polar surface area (TPSA) is 15.9 Å². The Labute approximate surface area is 102 Å². The first-order valence-corrected chi connectivity index (χ1v) is 6.34. The molecule has 1 aromatic heterocycles. The molecule has 0 N–H and O–H groups in total. The Balaban J connectivity index is 1.87. The molecule has 0 unspecified atom stereocenters. The first-order valence-electron chi connectivity index (χ1n) is 6.34. The Bertz CT molecular complexity index is 558. The molecule has 2 heterocycles. The van der Waals surface area contributed by atoms with Crippen LogP contribution >= 0.6 is 0 Å². The van der Waals surface area contributed by atoms with Gasteiger partial charge in [-0.3, -0.25) is 0 Å². The standard InChI is InChI=1S/C15H17N2/c1-4-10-17(11-5-1)12-14-9-8-13-6-2-3-7-15(13)16-14/h2-3,6-10H,1,4-5,11-12H2/q+1. The van der Waals surface area contributed by atoms with Gasteiger partial charge in [-0.25, -0.2) is 9.56 Å². The fourth-order valence-corrected chi connectivity index (χ4v) is 2.37. The van der Waals surface area contributed by atoms with Crippen molar-refractivity contribution in [1.29, 1.82) is 0 Å². The summed E-state index contributed by atoms with van der Waals surface area (Å²) in [6.45, 7) is 2.12. The van der Waals surface area contributed by atoms with E-state index in [1.807, 2.05) is 6.07 Å². The second-order valence-corrected chi connectivity index (χ2v) is 4.64. The van der Waals surface area contributed by atoms with Crippen molar-refractivity contribution in [1.82, 2.24) is 4.98 Å². The molecule has 0 bridgehead atoms. The van der Waals surface area contributed by atoms with E-state index in [1.165, 1.54) is 36.9 Å². The van der Waals surface area contributed by atoms with Gasteiger partial charge >= 0.3 is 0 Å². The zero-order chi connectivity index (χ0) is 11.5. The molecule has 0 amide bonds. The van der Waals surface area contributed by atoms with Gasteiger partial charge in [0.25, 0.3) is 0 Å². The van der Waals surface area contributed by atoms with Gasteiger partial charge in [0.05, 0.1) is 5.52 Å². The summed E-state index contributed by atoms with van der Waals surface area (Å²) >= 11 is 0. The molecular formula is C15H17N2+. The maximum atomic E-state index is 4.71. The fraction of sp³-hybridized carbons (Fsp3) is 0.333.